The topological polar surface area (TPSA) is 53.2 Å². The summed E-state index contributed by atoms with van der Waals surface area (Å²) in [7, 11) is 0. The van der Waals surface area contributed by atoms with Gasteiger partial charge in [0.2, 0.25) is 0 Å². The molecule has 0 radical (unpaired) electrons. The van der Waals surface area contributed by atoms with Crippen LogP contribution >= 0.6 is 0 Å². The van der Waals surface area contributed by atoms with Gasteiger partial charge in [-0.3, -0.25) is 0 Å². The number of nitrogens with zero attached hydrogens (tertiary/aromatic N) is 1. The summed E-state index contributed by atoms with van der Waals surface area (Å²) in [6.45, 7) is 3.76. The predicted molar refractivity (Wildman–Crippen MR) is 44.4 cm³/mol. The number of rotatable bonds is 2. The number of hydrogen-bond donors (Lipinski definition) is 1. The van der Waals surface area contributed by atoms with E-state index in [0.717, 1.165) is 19.3 Å². The average molecular weight is 169 g/mol. The molecule has 68 valence electrons. The van der Waals surface area contributed by atoms with E-state index >= 15 is 0 Å². The van der Waals surface area contributed by atoms with Crippen molar-refractivity contribution in [2.75, 3.05) is 6.61 Å². The summed E-state index contributed by atoms with van der Waals surface area (Å²) in [6, 6.07) is 2.13. The Morgan fingerprint density at radius 3 is 2.50 bits per heavy atom. The van der Waals surface area contributed by atoms with Crippen LogP contribution in [0.4, 0.5) is 0 Å². The molecule has 0 aromatic rings. The fraction of sp³-hybridized carbons (Fsp3) is 0.889. The molecule has 0 bridgehead atoms. The Hall–Kier alpha value is -0.590. The fourth-order valence-corrected chi connectivity index (χ4v) is 1.60. The monoisotopic (exact) mass is 169 g/mol. The third kappa shape index (κ3) is 1.45. The van der Waals surface area contributed by atoms with Gasteiger partial charge in [-0.15, -0.1) is 0 Å². The summed E-state index contributed by atoms with van der Waals surface area (Å²) < 4.78 is 5.57. The minimum atomic E-state index is -0.682. The molecule has 1 saturated heterocycles. The summed E-state index contributed by atoms with van der Waals surface area (Å²) in [5, 5.41) is 17.9. The van der Waals surface area contributed by atoms with Crippen molar-refractivity contribution in [3.63, 3.8) is 0 Å². The SMILES string of the molecule is CCC1(CO)CCC(C)(C#N)O1. The third-order valence-electron chi connectivity index (χ3n) is 2.67. The highest BCUT2D eigenvalue weighted by atomic mass is 16.5. The molecule has 1 heterocycles. The van der Waals surface area contributed by atoms with Gasteiger partial charge < -0.3 is 9.84 Å². The first-order valence-electron chi connectivity index (χ1n) is 4.32. The number of nitriles is 1. The molecule has 1 N–H and O–H groups in total. The maximum absolute atomic E-state index is 9.11. The van der Waals surface area contributed by atoms with E-state index in [1.54, 1.807) is 6.92 Å². The largest absolute Gasteiger partial charge is 0.393 e. The zero-order valence-corrected chi connectivity index (χ0v) is 7.63. The maximum atomic E-state index is 9.11. The molecular formula is C9H15NO2. The molecule has 3 heteroatoms. The van der Waals surface area contributed by atoms with E-state index in [-0.39, 0.29) is 6.61 Å². The van der Waals surface area contributed by atoms with Crippen LogP contribution in [0.15, 0.2) is 0 Å². The summed E-state index contributed by atoms with van der Waals surface area (Å²) in [4.78, 5) is 0. The third-order valence-corrected chi connectivity index (χ3v) is 2.67. The second-order valence-electron chi connectivity index (χ2n) is 3.64. The van der Waals surface area contributed by atoms with Gasteiger partial charge in [0, 0.05) is 0 Å². The minimum Gasteiger partial charge on any atom is -0.393 e. The molecule has 0 spiro atoms. The van der Waals surface area contributed by atoms with Crippen LogP contribution in [-0.2, 0) is 4.74 Å². The number of aliphatic hydroxyl groups is 1. The van der Waals surface area contributed by atoms with Gasteiger partial charge in [0.15, 0.2) is 5.60 Å². The van der Waals surface area contributed by atoms with Gasteiger partial charge in [0.25, 0.3) is 0 Å². The molecule has 0 saturated carbocycles. The van der Waals surface area contributed by atoms with Crippen molar-refractivity contribution < 1.29 is 9.84 Å². The first kappa shape index (κ1) is 9.50. The molecule has 1 aliphatic rings. The lowest BCUT2D eigenvalue weighted by molar-refractivity contribution is -0.0959. The molecule has 3 nitrogen and oxygen atoms in total. The van der Waals surface area contributed by atoms with Gasteiger partial charge in [0.1, 0.15) is 0 Å². The van der Waals surface area contributed by atoms with Crippen molar-refractivity contribution in [1.29, 1.82) is 5.26 Å². The fourth-order valence-electron chi connectivity index (χ4n) is 1.60. The van der Waals surface area contributed by atoms with Crippen LogP contribution in [0.5, 0.6) is 0 Å². The quantitative estimate of drug-likeness (QED) is 0.676. The molecule has 1 fully saturated rings. The standard InChI is InChI=1S/C9H15NO2/c1-3-9(7-11)5-4-8(2,6-10)12-9/h11H,3-5,7H2,1-2H3. The molecule has 0 aliphatic carbocycles. The van der Waals surface area contributed by atoms with E-state index in [9.17, 15) is 0 Å². The highest BCUT2D eigenvalue weighted by Gasteiger charge is 2.45. The van der Waals surface area contributed by atoms with Crippen LogP contribution < -0.4 is 0 Å². The van der Waals surface area contributed by atoms with E-state index in [2.05, 4.69) is 6.07 Å². The smallest absolute Gasteiger partial charge is 0.152 e. The van der Waals surface area contributed by atoms with E-state index in [4.69, 9.17) is 15.1 Å². The predicted octanol–water partition coefficient (Wildman–Crippen LogP) is 1.22. The summed E-state index contributed by atoms with van der Waals surface area (Å²) in [5.41, 5.74) is -1.14. The molecule has 12 heavy (non-hydrogen) atoms. The Morgan fingerprint density at radius 2 is 2.25 bits per heavy atom. The summed E-state index contributed by atoms with van der Waals surface area (Å²) >= 11 is 0. The number of ether oxygens (including phenoxy) is 1. The molecule has 0 aromatic carbocycles. The summed E-state index contributed by atoms with van der Waals surface area (Å²) in [5.74, 6) is 0. The Bertz CT molecular complexity index is 205. The summed E-state index contributed by atoms with van der Waals surface area (Å²) in [6.07, 6.45) is 2.27. The van der Waals surface area contributed by atoms with Crippen LogP contribution in [-0.4, -0.2) is 22.9 Å². The molecule has 0 aromatic heterocycles. The Labute approximate surface area is 73.0 Å². The van der Waals surface area contributed by atoms with Gasteiger partial charge in [0.05, 0.1) is 18.3 Å². The molecule has 0 amide bonds. The average Bonchev–Trinajstić information content (AvgIpc) is 2.46. The van der Waals surface area contributed by atoms with Crippen LogP contribution in [0.2, 0.25) is 0 Å². The van der Waals surface area contributed by atoms with Crippen molar-refractivity contribution >= 4 is 0 Å². The molecule has 2 unspecified atom stereocenters. The first-order chi connectivity index (χ1) is 5.60. The molecule has 1 rings (SSSR count). The number of aliphatic hydroxyl groups excluding tert-OH is 1. The minimum absolute atomic E-state index is 0.0147. The van der Waals surface area contributed by atoms with Crippen molar-refractivity contribution in [2.45, 2.75) is 44.3 Å². The van der Waals surface area contributed by atoms with Gasteiger partial charge in [-0.2, -0.15) is 5.26 Å². The van der Waals surface area contributed by atoms with E-state index in [0.29, 0.717) is 0 Å². The Kier molecular flexibility index (Phi) is 2.41. The van der Waals surface area contributed by atoms with Crippen LogP contribution in [0, 0.1) is 11.3 Å². The van der Waals surface area contributed by atoms with Crippen molar-refractivity contribution in [2.24, 2.45) is 0 Å². The highest BCUT2D eigenvalue weighted by molar-refractivity contribution is 5.06. The lowest BCUT2D eigenvalue weighted by Crippen LogP contribution is -2.35. The van der Waals surface area contributed by atoms with Gasteiger partial charge in [-0.05, 0) is 26.2 Å². The Morgan fingerprint density at radius 1 is 1.58 bits per heavy atom. The zero-order valence-electron chi connectivity index (χ0n) is 7.63. The second-order valence-corrected chi connectivity index (χ2v) is 3.64. The van der Waals surface area contributed by atoms with Crippen molar-refractivity contribution in [3.8, 4) is 6.07 Å². The van der Waals surface area contributed by atoms with E-state index in [1.165, 1.54) is 0 Å². The highest BCUT2D eigenvalue weighted by Crippen LogP contribution is 2.38. The molecule has 1 aliphatic heterocycles. The van der Waals surface area contributed by atoms with E-state index in [1.807, 2.05) is 6.92 Å². The lowest BCUT2D eigenvalue weighted by atomic mass is 9.96. The Balaban J connectivity index is 2.72. The molecule has 2 atom stereocenters. The van der Waals surface area contributed by atoms with Crippen molar-refractivity contribution in [3.05, 3.63) is 0 Å². The first-order valence-corrected chi connectivity index (χ1v) is 4.32. The zero-order chi connectivity index (χ0) is 9.24. The van der Waals surface area contributed by atoms with Gasteiger partial charge in [-0.1, -0.05) is 6.92 Å². The maximum Gasteiger partial charge on any atom is 0.152 e. The van der Waals surface area contributed by atoms with Crippen LogP contribution in [0.1, 0.15) is 33.1 Å². The van der Waals surface area contributed by atoms with Gasteiger partial charge in [-0.25, -0.2) is 0 Å². The molecular weight excluding hydrogens is 154 g/mol. The number of hydrogen-bond acceptors (Lipinski definition) is 3. The van der Waals surface area contributed by atoms with Gasteiger partial charge >= 0.3 is 0 Å². The van der Waals surface area contributed by atoms with Crippen molar-refractivity contribution in [1.82, 2.24) is 0 Å². The van der Waals surface area contributed by atoms with Crippen LogP contribution in [0.25, 0.3) is 0 Å². The second kappa shape index (κ2) is 3.04. The normalized spacial score (nSPS) is 41.2. The van der Waals surface area contributed by atoms with E-state index < -0.39 is 11.2 Å². The van der Waals surface area contributed by atoms with Crippen LogP contribution in [0.3, 0.4) is 0 Å². The lowest BCUT2D eigenvalue weighted by Gasteiger charge is -2.27.